The number of hydrogen-bond acceptors (Lipinski definition) is 2. The smallest absolute Gasteiger partial charge is 0.259 e. The highest BCUT2D eigenvalue weighted by atomic mass is 35.5. The minimum absolute atomic E-state index is 0.0518. The summed E-state index contributed by atoms with van der Waals surface area (Å²) in [6, 6.07) is 9.00. The number of rotatable bonds is 2. The summed E-state index contributed by atoms with van der Waals surface area (Å²) in [5.74, 6) is -0.424. The lowest BCUT2D eigenvalue weighted by Crippen LogP contribution is -2.10. The topological polar surface area (TPSA) is 45.8 Å². The van der Waals surface area contributed by atoms with Gasteiger partial charge in [-0.3, -0.25) is 4.79 Å². The molecule has 1 N–H and O–H groups in total. The Balaban J connectivity index is 2.16. The average Bonchev–Trinajstić information content (AvgIpc) is 2.50. The average molecular weight is 370 g/mol. The molecular formula is C16H8Cl3FN2O. The Hall–Kier alpha value is -1.88. The Bertz CT molecular complexity index is 978. The van der Waals surface area contributed by atoms with Crippen LogP contribution in [0.15, 0.2) is 41.2 Å². The van der Waals surface area contributed by atoms with Crippen molar-refractivity contribution in [2.75, 3.05) is 0 Å². The fraction of sp³-hybridized carbons (Fsp3) is 0. The molecule has 0 unspecified atom stereocenters. The molecule has 0 aliphatic heterocycles. The van der Waals surface area contributed by atoms with Crippen molar-refractivity contribution in [2.45, 2.75) is 0 Å². The van der Waals surface area contributed by atoms with Crippen molar-refractivity contribution >= 4 is 56.8 Å². The van der Waals surface area contributed by atoms with Crippen LogP contribution in [0, 0.1) is 5.82 Å². The van der Waals surface area contributed by atoms with E-state index in [0.717, 1.165) is 0 Å². The number of aromatic amines is 1. The Morgan fingerprint density at radius 3 is 2.74 bits per heavy atom. The first-order chi connectivity index (χ1) is 11.0. The summed E-state index contributed by atoms with van der Waals surface area (Å²) >= 11 is 18.0. The Kier molecular flexibility index (Phi) is 4.39. The van der Waals surface area contributed by atoms with Gasteiger partial charge in [0.1, 0.15) is 5.82 Å². The summed E-state index contributed by atoms with van der Waals surface area (Å²) in [5.41, 5.74) is 0.142. The number of fused-ring (bicyclic) bond motifs is 1. The lowest BCUT2D eigenvalue weighted by atomic mass is 10.2. The first-order valence-corrected chi connectivity index (χ1v) is 7.60. The summed E-state index contributed by atoms with van der Waals surface area (Å²) in [4.78, 5) is 18.9. The van der Waals surface area contributed by atoms with Gasteiger partial charge in [-0.2, -0.15) is 0 Å². The molecule has 0 bridgehead atoms. The van der Waals surface area contributed by atoms with Crippen LogP contribution in [0.3, 0.4) is 0 Å². The van der Waals surface area contributed by atoms with Crippen LogP contribution in [0.1, 0.15) is 11.4 Å². The van der Waals surface area contributed by atoms with Crippen molar-refractivity contribution in [3.63, 3.8) is 0 Å². The number of aromatic nitrogens is 2. The van der Waals surface area contributed by atoms with Crippen LogP contribution in [-0.4, -0.2) is 9.97 Å². The van der Waals surface area contributed by atoms with Gasteiger partial charge in [-0.25, -0.2) is 9.37 Å². The van der Waals surface area contributed by atoms with Crippen LogP contribution >= 0.6 is 34.8 Å². The summed E-state index contributed by atoms with van der Waals surface area (Å²) in [7, 11) is 0. The second kappa shape index (κ2) is 6.32. The maximum atomic E-state index is 13.8. The Morgan fingerprint density at radius 1 is 1.22 bits per heavy atom. The second-order valence-corrected chi connectivity index (χ2v) is 5.95. The molecule has 116 valence electrons. The molecule has 0 saturated carbocycles. The van der Waals surface area contributed by atoms with Crippen LogP contribution in [0.5, 0.6) is 0 Å². The lowest BCUT2D eigenvalue weighted by Gasteiger charge is -2.04. The third-order valence-electron chi connectivity index (χ3n) is 3.17. The maximum absolute atomic E-state index is 13.8. The van der Waals surface area contributed by atoms with Crippen molar-refractivity contribution in [1.82, 2.24) is 9.97 Å². The zero-order valence-corrected chi connectivity index (χ0v) is 13.7. The number of nitrogens with one attached hydrogen (secondary N) is 1. The summed E-state index contributed by atoms with van der Waals surface area (Å²) in [6.07, 6.45) is 1.31. The number of H-pyrrole nitrogens is 1. The van der Waals surface area contributed by atoms with Crippen LogP contribution in [0.25, 0.3) is 22.0 Å². The van der Waals surface area contributed by atoms with Crippen LogP contribution in [-0.2, 0) is 0 Å². The summed E-state index contributed by atoms with van der Waals surface area (Å²) < 4.78 is 13.8. The van der Waals surface area contributed by atoms with Gasteiger partial charge in [-0.15, -0.1) is 0 Å². The molecule has 3 nitrogen and oxygen atoms in total. The van der Waals surface area contributed by atoms with E-state index < -0.39 is 5.82 Å². The van der Waals surface area contributed by atoms with E-state index in [2.05, 4.69) is 9.97 Å². The van der Waals surface area contributed by atoms with E-state index in [0.29, 0.717) is 15.9 Å². The third kappa shape index (κ3) is 3.24. The first-order valence-electron chi connectivity index (χ1n) is 6.47. The van der Waals surface area contributed by atoms with E-state index in [1.165, 1.54) is 24.3 Å². The van der Waals surface area contributed by atoms with Gasteiger partial charge >= 0.3 is 0 Å². The molecular weight excluding hydrogens is 362 g/mol. The first kappa shape index (κ1) is 16.0. The van der Waals surface area contributed by atoms with Crippen molar-refractivity contribution in [2.24, 2.45) is 0 Å². The zero-order valence-electron chi connectivity index (χ0n) is 11.4. The highest BCUT2D eigenvalue weighted by Crippen LogP contribution is 2.26. The minimum atomic E-state index is -0.526. The molecule has 0 amide bonds. The SMILES string of the molecule is O=c1[nH]c(/C(Cl)=C/c2c(F)cccc2Cl)nc2cc(Cl)ccc12. The fourth-order valence-corrected chi connectivity index (χ4v) is 2.65. The van der Waals surface area contributed by atoms with E-state index >= 15 is 0 Å². The van der Waals surface area contributed by atoms with Gasteiger partial charge in [0.05, 0.1) is 21.0 Å². The lowest BCUT2D eigenvalue weighted by molar-refractivity contribution is 0.625. The fourth-order valence-electron chi connectivity index (χ4n) is 2.07. The molecule has 0 saturated heterocycles. The molecule has 0 fully saturated rings. The molecule has 0 spiro atoms. The molecule has 0 aliphatic carbocycles. The van der Waals surface area contributed by atoms with Crippen molar-refractivity contribution in [3.8, 4) is 0 Å². The van der Waals surface area contributed by atoms with Crippen LogP contribution < -0.4 is 5.56 Å². The van der Waals surface area contributed by atoms with E-state index in [1.807, 2.05) is 0 Å². The molecule has 3 rings (SSSR count). The molecule has 0 aliphatic rings. The van der Waals surface area contributed by atoms with E-state index in [-0.39, 0.29) is 27.0 Å². The van der Waals surface area contributed by atoms with Crippen LogP contribution in [0.2, 0.25) is 10.0 Å². The van der Waals surface area contributed by atoms with Gasteiger partial charge in [0, 0.05) is 10.6 Å². The predicted octanol–water partition coefficient (Wildman–Crippen LogP) is 5.11. The molecule has 1 heterocycles. The highest BCUT2D eigenvalue weighted by molar-refractivity contribution is 6.51. The molecule has 0 radical (unpaired) electrons. The second-order valence-electron chi connectivity index (χ2n) is 4.70. The normalized spacial score (nSPS) is 11.9. The number of benzene rings is 2. The van der Waals surface area contributed by atoms with Gasteiger partial charge in [0.2, 0.25) is 0 Å². The van der Waals surface area contributed by atoms with Gasteiger partial charge in [-0.05, 0) is 36.4 Å². The van der Waals surface area contributed by atoms with Crippen molar-refractivity contribution in [1.29, 1.82) is 0 Å². The Labute approximate surface area is 145 Å². The highest BCUT2D eigenvalue weighted by Gasteiger charge is 2.10. The molecule has 23 heavy (non-hydrogen) atoms. The van der Waals surface area contributed by atoms with Crippen LogP contribution in [0.4, 0.5) is 4.39 Å². The van der Waals surface area contributed by atoms with E-state index in [4.69, 9.17) is 34.8 Å². The minimum Gasteiger partial charge on any atom is -0.305 e. The molecule has 1 aromatic heterocycles. The van der Waals surface area contributed by atoms with Gasteiger partial charge in [0.25, 0.3) is 5.56 Å². The number of nitrogens with zero attached hydrogens (tertiary/aromatic N) is 1. The predicted molar refractivity (Wildman–Crippen MR) is 92.5 cm³/mol. The largest absolute Gasteiger partial charge is 0.305 e. The number of halogens is 4. The Morgan fingerprint density at radius 2 is 2.00 bits per heavy atom. The van der Waals surface area contributed by atoms with Gasteiger partial charge in [0.15, 0.2) is 5.82 Å². The van der Waals surface area contributed by atoms with Gasteiger partial charge in [-0.1, -0.05) is 40.9 Å². The molecule has 0 atom stereocenters. The number of hydrogen-bond donors (Lipinski definition) is 1. The summed E-state index contributed by atoms with van der Waals surface area (Å²) in [5, 5.41) is 1.08. The van der Waals surface area contributed by atoms with Crippen molar-refractivity contribution < 1.29 is 4.39 Å². The monoisotopic (exact) mass is 368 g/mol. The van der Waals surface area contributed by atoms with E-state index in [1.54, 1.807) is 18.2 Å². The zero-order chi connectivity index (χ0) is 16.6. The van der Waals surface area contributed by atoms with E-state index in [9.17, 15) is 9.18 Å². The summed E-state index contributed by atoms with van der Waals surface area (Å²) in [6.45, 7) is 0. The van der Waals surface area contributed by atoms with Gasteiger partial charge < -0.3 is 4.98 Å². The quantitative estimate of drug-likeness (QED) is 0.682. The molecule has 7 heteroatoms. The standard InChI is InChI=1S/C16H8Cl3FN2O/c17-8-4-5-9-14(6-8)21-15(22-16(9)23)12(19)7-10-11(18)2-1-3-13(10)20/h1-7H,(H,21,22,23)/b12-7-. The molecule has 3 aromatic rings. The third-order valence-corrected chi connectivity index (χ3v) is 4.02. The molecule has 2 aromatic carbocycles. The van der Waals surface area contributed by atoms with Crippen molar-refractivity contribution in [3.05, 3.63) is 74.0 Å². The maximum Gasteiger partial charge on any atom is 0.259 e.